The number of alkyl halides is 3. The first-order valence-electron chi connectivity index (χ1n) is 8.46. The molecule has 0 saturated heterocycles. The number of hydrogen-bond acceptors (Lipinski definition) is 2. The summed E-state index contributed by atoms with van der Waals surface area (Å²) in [5, 5.41) is 11.5. The first-order valence-corrected chi connectivity index (χ1v) is 8.46. The molecule has 0 aromatic heterocycles. The third-order valence-corrected chi connectivity index (χ3v) is 3.90. The van der Waals surface area contributed by atoms with Crippen molar-refractivity contribution in [2.75, 3.05) is 0 Å². The van der Waals surface area contributed by atoms with Gasteiger partial charge in [-0.2, -0.15) is 13.2 Å². The average Bonchev–Trinajstić information content (AvgIpc) is 2.55. The van der Waals surface area contributed by atoms with Gasteiger partial charge in [0.05, 0.1) is 5.56 Å². The van der Waals surface area contributed by atoms with E-state index in [9.17, 15) is 27.9 Å². The fourth-order valence-corrected chi connectivity index (χ4v) is 2.46. The molecule has 1 aromatic rings. The highest BCUT2D eigenvalue weighted by atomic mass is 19.4. The number of carboxylic acids is 1. The number of carbonyl (C=O) groups is 2. The van der Waals surface area contributed by atoms with E-state index < -0.39 is 29.7 Å². The molecule has 7 heteroatoms. The Labute approximate surface area is 145 Å². The van der Waals surface area contributed by atoms with Crippen LogP contribution in [-0.2, 0) is 11.0 Å². The highest BCUT2D eigenvalue weighted by molar-refractivity contribution is 5.96. The van der Waals surface area contributed by atoms with Crippen LogP contribution in [0.15, 0.2) is 24.3 Å². The van der Waals surface area contributed by atoms with Gasteiger partial charge in [-0.25, -0.2) is 4.79 Å². The molecule has 0 saturated carbocycles. The van der Waals surface area contributed by atoms with Crippen molar-refractivity contribution in [3.63, 3.8) is 0 Å². The molecule has 4 nitrogen and oxygen atoms in total. The minimum absolute atomic E-state index is 0.205. The summed E-state index contributed by atoms with van der Waals surface area (Å²) in [6, 6.07) is 2.84. The molecule has 2 N–H and O–H groups in total. The lowest BCUT2D eigenvalue weighted by molar-refractivity contribution is -0.139. The third-order valence-electron chi connectivity index (χ3n) is 3.90. The van der Waals surface area contributed by atoms with E-state index in [1.807, 2.05) is 0 Å². The van der Waals surface area contributed by atoms with Gasteiger partial charge in [0, 0.05) is 5.56 Å². The van der Waals surface area contributed by atoms with Crippen LogP contribution >= 0.6 is 0 Å². The van der Waals surface area contributed by atoms with E-state index in [-0.39, 0.29) is 12.0 Å². The van der Waals surface area contributed by atoms with Gasteiger partial charge in [0.15, 0.2) is 0 Å². The van der Waals surface area contributed by atoms with Crippen molar-refractivity contribution < 1.29 is 27.9 Å². The number of benzene rings is 1. The van der Waals surface area contributed by atoms with Crippen LogP contribution in [0.3, 0.4) is 0 Å². The number of rotatable bonds is 10. The molecule has 0 spiro atoms. The Balaban J connectivity index is 2.60. The van der Waals surface area contributed by atoms with Crippen molar-refractivity contribution in [2.45, 2.75) is 64.1 Å². The molecule has 1 amide bonds. The van der Waals surface area contributed by atoms with Gasteiger partial charge >= 0.3 is 12.1 Å². The summed E-state index contributed by atoms with van der Waals surface area (Å²) in [7, 11) is 0. The van der Waals surface area contributed by atoms with E-state index in [0.29, 0.717) is 6.42 Å². The van der Waals surface area contributed by atoms with Crippen LogP contribution in [0, 0.1) is 0 Å². The van der Waals surface area contributed by atoms with Crippen molar-refractivity contribution in [2.24, 2.45) is 0 Å². The molecule has 0 fully saturated rings. The highest BCUT2D eigenvalue weighted by Gasteiger charge is 2.31. The number of hydrogen-bond donors (Lipinski definition) is 2. The molecule has 0 bridgehead atoms. The minimum Gasteiger partial charge on any atom is -0.480 e. The van der Waals surface area contributed by atoms with Gasteiger partial charge in [-0.15, -0.1) is 0 Å². The smallest absolute Gasteiger partial charge is 0.416 e. The maximum absolute atomic E-state index is 12.7. The molecule has 0 radical (unpaired) electrons. The van der Waals surface area contributed by atoms with Crippen LogP contribution in [0.5, 0.6) is 0 Å². The molecule has 1 aromatic carbocycles. The Morgan fingerprint density at radius 1 is 1.12 bits per heavy atom. The topological polar surface area (TPSA) is 66.4 Å². The van der Waals surface area contributed by atoms with Gasteiger partial charge in [-0.05, 0) is 24.6 Å². The first-order chi connectivity index (χ1) is 11.8. The fraction of sp³-hybridized carbons (Fsp3) is 0.556. The fourth-order valence-electron chi connectivity index (χ4n) is 2.46. The lowest BCUT2D eigenvalue weighted by Gasteiger charge is -2.15. The van der Waals surface area contributed by atoms with Crippen LogP contribution in [0.4, 0.5) is 13.2 Å². The summed E-state index contributed by atoms with van der Waals surface area (Å²) < 4.78 is 38.1. The van der Waals surface area contributed by atoms with Gasteiger partial charge in [0.1, 0.15) is 6.04 Å². The van der Waals surface area contributed by atoms with Crippen molar-refractivity contribution in [3.05, 3.63) is 35.4 Å². The Bertz CT molecular complexity index is 573. The van der Waals surface area contributed by atoms with Crippen molar-refractivity contribution >= 4 is 11.9 Å². The zero-order valence-corrected chi connectivity index (χ0v) is 14.2. The van der Waals surface area contributed by atoms with E-state index in [1.165, 1.54) is 6.07 Å². The molecule has 0 aliphatic rings. The van der Waals surface area contributed by atoms with Gasteiger partial charge in [-0.1, -0.05) is 51.5 Å². The number of nitrogens with one attached hydrogen (secondary N) is 1. The molecule has 0 aliphatic heterocycles. The first kappa shape index (κ1) is 21.0. The minimum atomic E-state index is -4.55. The van der Waals surface area contributed by atoms with Crippen molar-refractivity contribution in [1.29, 1.82) is 0 Å². The number of carbonyl (C=O) groups excluding carboxylic acids is 1. The quantitative estimate of drug-likeness (QED) is 0.598. The maximum atomic E-state index is 12.7. The molecular weight excluding hydrogens is 335 g/mol. The Hall–Kier alpha value is -2.05. The standard InChI is InChI=1S/C18H24F3NO3/c1-2-3-4-5-6-7-11-15(17(24)25)22-16(23)13-9-8-10-14(12-13)18(19,20)21/h8-10,12,15H,2-7,11H2,1H3,(H,22,23)(H,24,25)/t15-/m1/s1. The van der Waals surface area contributed by atoms with E-state index in [0.717, 1.165) is 50.3 Å². The van der Waals surface area contributed by atoms with Crippen LogP contribution in [-0.4, -0.2) is 23.0 Å². The van der Waals surface area contributed by atoms with Crippen LogP contribution in [0.25, 0.3) is 0 Å². The summed E-state index contributed by atoms with van der Waals surface area (Å²) in [4.78, 5) is 23.3. The second-order valence-corrected chi connectivity index (χ2v) is 6.00. The summed E-state index contributed by atoms with van der Waals surface area (Å²) >= 11 is 0. The lowest BCUT2D eigenvalue weighted by Crippen LogP contribution is -2.40. The molecule has 1 rings (SSSR count). The molecule has 25 heavy (non-hydrogen) atoms. The highest BCUT2D eigenvalue weighted by Crippen LogP contribution is 2.29. The number of unbranched alkanes of at least 4 members (excludes halogenated alkanes) is 5. The summed E-state index contributed by atoms with van der Waals surface area (Å²) in [6.45, 7) is 2.10. The number of amides is 1. The second-order valence-electron chi connectivity index (χ2n) is 6.00. The Morgan fingerprint density at radius 3 is 2.36 bits per heavy atom. The molecule has 140 valence electrons. The summed E-state index contributed by atoms with van der Waals surface area (Å²) in [5.74, 6) is -2.00. The predicted molar refractivity (Wildman–Crippen MR) is 88.3 cm³/mol. The molecule has 0 heterocycles. The van der Waals surface area contributed by atoms with E-state index in [4.69, 9.17) is 0 Å². The van der Waals surface area contributed by atoms with Gasteiger partial charge in [0.25, 0.3) is 5.91 Å². The Morgan fingerprint density at radius 2 is 1.76 bits per heavy atom. The zero-order valence-electron chi connectivity index (χ0n) is 14.2. The van der Waals surface area contributed by atoms with Crippen LogP contribution < -0.4 is 5.32 Å². The van der Waals surface area contributed by atoms with Crippen molar-refractivity contribution in [1.82, 2.24) is 5.32 Å². The lowest BCUT2D eigenvalue weighted by atomic mass is 10.0. The molecular formula is C18H24F3NO3. The zero-order chi connectivity index (χ0) is 18.9. The van der Waals surface area contributed by atoms with E-state index in [2.05, 4.69) is 12.2 Å². The molecule has 0 aliphatic carbocycles. The SMILES string of the molecule is CCCCCCCC[C@@H](NC(=O)c1cccc(C(F)(F)F)c1)C(=O)O. The Kier molecular flexibility index (Phi) is 8.45. The summed E-state index contributed by atoms with van der Waals surface area (Å²) in [5.41, 5.74) is -1.15. The average molecular weight is 359 g/mol. The monoisotopic (exact) mass is 359 g/mol. The predicted octanol–water partition coefficient (Wildman–Crippen LogP) is 4.64. The molecule has 1 atom stereocenters. The third kappa shape index (κ3) is 7.58. The van der Waals surface area contributed by atoms with E-state index >= 15 is 0 Å². The van der Waals surface area contributed by atoms with Crippen LogP contribution in [0.1, 0.15) is 67.8 Å². The van der Waals surface area contributed by atoms with Gasteiger partial charge in [0.2, 0.25) is 0 Å². The molecule has 0 unspecified atom stereocenters. The van der Waals surface area contributed by atoms with Crippen molar-refractivity contribution in [3.8, 4) is 0 Å². The number of aliphatic carboxylic acids is 1. The summed E-state index contributed by atoms with van der Waals surface area (Å²) in [6.07, 6.45) is 1.55. The van der Waals surface area contributed by atoms with Crippen LogP contribution in [0.2, 0.25) is 0 Å². The number of carboxylic acid groups (broad SMARTS) is 1. The number of halogens is 3. The van der Waals surface area contributed by atoms with Gasteiger partial charge < -0.3 is 10.4 Å². The largest absolute Gasteiger partial charge is 0.480 e. The van der Waals surface area contributed by atoms with Gasteiger partial charge in [-0.3, -0.25) is 4.79 Å². The van der Waals surface area contributed by atoms with E-state index in [1.54, 1.807) is 0 Å². The second kappa shape index (κ2) is 10.1. The normalized spacial score (nSPS) is 12.6. The maximum Gasteiger partial charge on any atom is 0.416 e.